The summed E-state index contributed by atoms with van der Waals surface area (Å²) in [5.74, 6) is 0.979. The van der Waals surface area contributed by atoms with E-state index in [-0.39, 0.29) is 5.82 Å². The van der Waals surface area contributed by atoms with E-state index in [1.165, 1.54) is 12.1 Å². The van der Waals surface area contributed by atoms with Crippen LogP contribution < -0.4 is 4.74 Å². The zero-order valence-electron chi connectivity index (χ0n) is 10.6. The van der Waals surface area contributed by atoms with Gasteiger partial charge in [0.25, 0.3) is 0 Å². The van der Waals surface area contributed by atoms with Gasteiger partial charge in [0.1, 0.15) is 17.3 Å². The van der Waals surface area contributed by atoms with Crippen molar-refractivity contribution in [1.82, 2.24) is 0 Å². The lowest BCUT2D eigenvalue weighted by atomic mass is 10.1. The predicted octanol–water partition coefficient (Wildman–Crippen LogP) is 5.08. The van der Waals surface area contributed by atoms with Gasteiger partial charge in [-0.3, -0.25) is 0 Å². The summed E-state index contributed by atoms with van der Waals surface area (Å²) in [6.07, 6.45) is 0. The molecule has 0 atom stereocenters. The second-order valence-electron chi connectivity index (χ2n) is 4.54. The Morgan fingerprint density at radius 2 is 1.68 bits per heavy atom. The van der Waals surface area contributed by atoms with Gasteiger partial charge in [-0.25, -0.2) is 4.39 Å². The molecule has 0 N–H and O–H groups in total. The van der Waals surface area contributed by atoms with Crippen molar-refractivity contribution in [3.05, 3.63) is 72.0 Å². The van der Waals surface area contributed by atoms with Gasteiger partial charge in [0.2, 0.25) is 0 Å². The number of hydrogen-bond acceptors (Lipinski definition) is 1. The fourth-order valence-corrected chi connectivity index (χ4v) is 2.17. The summed E-state index contributed by atoms with van der Waals surface area (Å²) in [6, 6.07) is 18.5. The molecule has 0 aliphatic carbocycles. The largest absolute Gasteiger partial charge is 0.457 e. The number of hydrogen-bond donors (Lipinski definition) is 0. The van der Waals surface area contributed by atoms with E-state index in [2.05, 4.69) is 0 Å². The number of halogens is 1. The van der Waals surface area contributed by atoms with Crippen molar-refractivity contribution in [2.24, 2.45) is 0 Å². The average Bonchev–Trinajstić information content (AvgIpc) is 2.38. The van der Waals surface area contributed by atoms with Gasteiger partial charge in [-0.2, -0.15) is 0 Å². The summed E-state index contributed by atoms with van der Waals surface area (Å²) < 4.78 is 19.2. The molecule has 0 heterocycles. The first kappa shape index (κ1) is 11.7. The normalized spacial score (nSPS) is 10.6. The average molecular weight is 252 g/mol. The Morgan fingerprint density at radius 1 is 0.895 bits per heavy atom. The van der Waals surface area contributed by atoms with Gasteiger partial charge in [-0.05, 0) is 36.1 Å². The molecule has 19 heavy (non-hydrogen) atoms. The highest BCUT2D eigenvalue weighted by Gasteiger charge is 2.04. The maximum Gasteiger partial charge on any atom is 0.135 e. The molecule has 0 aromatic heterocycles. The van der Waals surface area contributed by atoms with E-state index in [0.29, 0.717) is 5.75 Å². The molecule has 0 saturated heterocycles. The Labute approximate surface area is 111 Å². The molecule has 0 saturated carbocycles. The molecule has 1 nitrogen and oxygen atoms in total. The monoisotopic (exact) mass is 252 g/mol. The molecule has 0 fully saturated rings. The highest BCUT2D eigenvalue weighted by molar-refractivity contribution is 5.88. The maximum atomic E-state index is 13.4. The molecule has 0 unspecified atom stereocenters. The van der Waals surface area contributed by atoms with Gasteiger partial charge in [0.15, 0.2) is 0 Å². The van der Waals surface area contributed by atoms with Crippen LogP contribution in [0.4, 0.5) is 4.39 Å². The van der Waals surface area contributed by atoms with Crippen LogP contribution in [0.3, 0.4) is 0 Å². The van der Waals surface area contributed by atoms with Crippen LogP contribution in [0.2, 0.25) is 0 Å². The van der Waals surface area contributed by atoms with Gasteiger partial charge in [-0.15, -0.1) is 0 Å². The van der Waals surface area contributed by atoms with Crippen molar-refractivity contribution in [3.63, 3.8) is 0 Å². The predicted molar refractivity (Wildman–Crippen MR) is 75.2 cm³/mol. The quantitative estimate of drug-likeness (QED) is 0.618. The first-order valence-electron chi connectivity index (χ1n) is 6.15. The first-order valence-corrected chi connectivity index (χ1v) is 6.15. The molecule has 2 heteroatoms. The molecule has 94 valence electrons. The van der Waals surface area contributed by atoms with Crippen LogP contribution >= 0.6 is 0 Å². The van der Waals surface area contributed by atoms with Gasteiger partial charge in [0.05, 0.1) is 0 Å². The van der Waals surface area contributed by atoms with E-state index < -0.39 is 0 Å². The molecule has 0 amide bonds. The van der Waals surface area contributed by atoms with E-state index in [1.54, 1.807) is 0 Å². The molecule has 3 aromatic carbocycles. The summed E-state index contributed by atoms with van der Waals surface area (Å²) in [5.41, 5.74) is 0.843. The SMILES string of the molecule is Cc1cc(F)cc(Oc2cccc3ccccc23)c1. The number of aryl methyl sites for hydroxylation is 1. The fourth-order valence-electron chi connectivity index (χ4n) is 2.17. The van der Waals surface area contributed by atoms with Gasteiger partial charge < -0.3 is 4.74 Å². The van der Waals surface area contributed by atoms with Crippen LogP contribution in [-0.2, 0) is 0 Å². The summed E-state index contributed by atoms with van der Waals surface area (Å²) in [5, 5.41) is 2.13. The molecule has 3 aromatic rings. The van der Waals surface area contributed by atoms with Crippen molar-refractivity contribution in [1.29, 1.82) is 0 Å². The Kier molecular flexibility index (Phi) is 2.92. The van der Waals surface area contributed by atoms with E-state index in [9.17, 15) is 4.39 Å². The third-order valence-corrected chi connectivity index (χ3v) is 2.99. The Bertz CT molecular complexity index is 709. The minimum atomic E-state index is -0.282. The number of rotatable bonds is 2. The molecular formula is C17H13FO. The van der Waals surface area contributed by atoms with Crippen molar-refractivity contribution in [3.8, 4) is 11.5 Å². The van der Waals surface area contributed by atoms with Crippen LogP contribution in [0.5, 0.6) is 11.5 Å². The minimum Gasteiger partial charge on any atom is -0.457 e. The number of benzene rings is 3. The lowest BCUT2D eigenvalue weighted by molar-refractivity contribution is 0.481. The first-order chi connectivity index (χ1) is 9.22. The zero-order valence-corrected chi connectivity index (χ0v) is 10.6. The van der Waals surface area contributed by atoms with E-state index in [1.807, 2.05) is 55.5 Å². The molecule has 0 spiro atoms. The van der Waals surface area contributed by atoms with Crippen LogP contribution in [0.15, 0.2) is 60.7 Å². The van der Waals surface area contributed by atoms with Crippen LogP contribution in [0.25, 0.3) is 10.8 Å². The molecular weight excluding hydrogens is 239 g/mol. The number of ether oxygens (including phenoxy) is 1. The van der Waals surface area contributed by atoms with Crippen molar-refractivity contribution in [2.75, 3.05) is 0 Å². The molecule has 0 aliphatic heterocycles. The highest BCUT2D eigenvalue weighted by atomic mass is 19.1. The molecule has 0 radical (unpaired) electrons. The van der Waals surface area contributed by atoms with Gasteiger partial charge in [-0.1, -0.05) is 36.4 Å². The van der Waals surface area contributed by atoms with Crippen LogP contribution in [0, 0.1) is 12.7 Å². The van der Waals surface area contributed by atoms with E-state index in [0.717, 1.165) is 22.1 Å². The topological polar surface area (TPSA) is 9.23 Å². The molecule has 3 rings (SSSR count). The summed E-state index contributed by atoms with van der Waals surface area (Å²) in [7, 11) is 0. The van der Waals surface area contributed by atoms with Crippen LogP contribution in [-0.4, -0.2) is 0 Å². The van der Waals surface area contributed by atoms with Crippen LogP contribution in [0.1, 0.15) is 5.56 Å². The minimum absolute atomic E-state index is 0.282. The van der Waals surface area contributed by atoms with E-state index in [4.69, 9.17) is 4.74 Å². The van der Waals surface area contributed by atoms with Gasteiger partial charge >= 0.3 is 0 Å². The van der Waals surface area contributed by atoms with Crippen molar-refractivity contribution >= 4 is 10.8 Å². The fraction of sp³-hybridized carbons (Fsp3) is 0.0588. The second kappa shape index (κ2) is 4.73. The van der Waals surface area contributed by atoms with Crippen molar-refractivity contribution in [2.45, 2.75) is 6.92 Å². The lowest BCUT2D eigenvalue weighted by Crippen LogP contribution is -1.88. The zero-order chi connectivity index (χ0) is 13.2. The summed E-state index contributed by atoms with van der Waals surface area (Å²) in [6.45, 7) is 1.85. The van der Waals surface area contributed by atoms with Crippen molar-refractivity contribution < 1.29 is 9.13 Å². The second-order valence-corrected chi connectivity index (χ2v) is 4.54. The maximum absolute atomic E-state index is 13.4. The Hall–Kier alpha value is -2.35. The third kappa shape index (κ3) is 2.43. The Morgan fingerprint density at radius 3 is 2.53 bits per heavy atom. The molecule has 0 bridgehead atoms. The highest BCUT2D eigenvalue weighted by Crippen LogP contribution is 2.30. The summed E-state index contributed by atoms with van der Waals surface area (Å²) >= 11 is 0. The summed E-state index contributed by atoms with van der Waals surface area (Å²) in [4.78, 5) is 0. The lowest BCUT2D eigenvalue weighted by Gasteiger charge is -2.09. The third-order valence-electron chi connectivity index (χ3n) is 2.99. The van der Waals surface area contributed by atoms with E-state index >= 15 is 0 Å². The number of fused-ring (bicyclic) bond motifs is 1. The van der Waals surface area contributed by atoms with Gasteiger partial charge in [0, 0.05) is 11.5 Å². The Balaban J connectivity index is 2.05. The smallest absolute Gasteiger partial charge is 0.135 e. The molecule has 0 aliphatic rings. The standard InChI is InChI=1S/C17H13FO/c1-12-9-14(18)11-15(10-12)19-17-8-4-6-13-5-2-3-7-16(13)17/h2-11H,1H3.